The normalized spacial score (nSPS) is 18.5. The summed E-state index contributed by atoms with van der Waals surface area (Å²) in [7, 11) is 0. The van der Waals surface area contributed by atoms with E-state index in [-0.39, 0.29) is 0 Å². The van der Waals surface area contributed by atoms with Crippen molar-refractivity contribution in [3.8, 4) is 0 Å². The number of unbranched alkanes of at least 4 members (excludes halogenated alkanes) is 3. The Hall–Kier alpha value is -1.09. The van der Waals surface area contributed by atoms with Crippen LogP contribution < -0.4 is 5.32 Å². The van der Waals surface area contributed by atoms with Crippen molar-refractivity contribution in [1.29, 1.82) is 0 Å². The van der Waals surface area contributed by atoms with Gasteiger partial charge in [-0.2, -0.15) is 0 Å². The zero-order valence-electron chi connectivity index (χ0n) is 10.4. The van der Waals surface area contributed by atoms with E-state index < -0.39 is 0 Å². The van der Waals surface area contributed by atoms with Gasteiger partial charge >= 0.3 is 0 Å². The van der Waals surface area contributed by atoms with Crippen LogP contribution in [0.4, 0.5) is 5.82 Å². The first-order chi connectivity index (χ1) is 8.40. The second-order valence-corrected chi connectivity index (χ2v) is 4.82. The van der Waals surface area contributed by atoms with Gasteiger partial charge in [0.15, 0.2) is 0 Å². The average molecular weight is 234 g/mol. The van der Waals surface area contributed by atoms with Crippen LogP contribution in [0.25, 0.3) is 0 Å². The fraction of sp³-hybridized carbons (Fsp3) is 0.643. The molecule has 0 bridgehead atoms. The number of hydrogen-bond acceptors (Lipinski definition) is 3. The van der Waals surface area contributed by atoms with Gasteiger partial charge in [-0.25, -0.2) is 4.98 Å². The number of aliphatic hydroxyl groups is 1. The molecule has 1 aliphatic rings. The number of pyridine rings is 1. The molecule has 0 spiro atoms. The molecule has 0 unspecified atom stereocenters. The number of nitrogens with one attached hydrogen (secondary N) is 1. The maximum atomic E-state index is 8.70. The summed E-state index contributed by atoms with van der Waals surface area (Å²) >= 11 is 0. The molecule has 0 radical (unpaired) electrons. The highest BCUT2D eigenvalue weighted by atomic mass is 16.2. The van der Waals surface area contributed by atoms with Crippen LogP contribution in [0.5, 0.6) is 0 Å². The van der Waals surface area contributed by atoms with Crippen molar-refractivity contribution >= 4 is 5.82 Å². The predicted molar refractivity (Wildman–Crippen MR) is 70.1 cm³/mol. The summed E-state index contributed by atoms with van der Waals surface area (Å²) in [6.07, 6.45) is 10.0. The minimum atomic E-state index is 0.332. The van der Waals surface area contributed by atoms with Crippen LogP contribution >= 0.6 is 0 Å². The van der Waals surface area contributed by atoms with Crippen molar-refractivity contribution in [3.05, 3.63) is 23.9 Å². The van der Waals surface area contributed by atoms with Crippen LogP contribution in [0.1, 0.15) is 44.1 Å². The van der Waals surface area contributed by atoms with Crippen LogP contribution in [0.3, 0.4) is 0 Å². The second kappa shape index (κ2) is 6.60. The molecule has 17 heavy (non-hydrogen) atoms. The first-order valence-electron chi connectivity index (χ1n) is 6.71. The van der Waals surface area contributed by atoms with E-state index in [1.807, 2.05) is 12.3 Å². The molecule has 1 aromatic heterocycles. The van der Waals surface area contributed by atoms with Gasteiger partial charge in [0.1, 0.15) is 5.82 Å². The number of aryl methyl sites for hydroxylation is 1. The number of aliphatic hydroxyl groups excluding tert-OH is 1. The Bertz CT molecular complexity index is 341. The maximum absolute atomic E-state index is 8.70. The molecule has 0 saturated heterocycles. The van der Waals surface area contributed by atoms with E-state index in [1.165, 1.54) is 31.2 Å². The van der Waals surface area contributed by atoms with Crippen molar-refractivity contribution in [2.24, 2.45) is 0 Å². The quantitative estimate of drug-likeness (QED) is 0.744. The zero-order valence-corrected chi connectivity index (χ0v) is 10.4. The monoisotopic (exact) mass is 234 g/mol. The van der Waals surface area contributed by atoms with E-state index in [0.717, 1.165) is 25.1 Å². The topological polar surface area (TPSA) is 45.2 Å². The van der Waals surface area contributed by atoms with Gasteiger partial charge in [0, 0.05) is 18.8 Å². The lowest BCUT2D eigenvalue weighted by atomic mass is 9.96. The Balaban J connectivity index is 1.71. The van der Waals surface area contributed by atoms with Crippen molar-refractivity contribution in [3.63, 3.8) is 0 Å². The second-order valence-electron chi connectivity index (χ2n) is 4.82. The maximum Gasteiger partial charge on any atom is 0.129 e. The summed E-state index contributed by atoms with van der Waals surface area (Å²) in [5.41, 5.74) is 1.35. The lowest BCUT2D eigenvalue weighted by Gasteiger charge is -2.25. The van der Waals surface area contributed by atoms with Gasteiger partial charge in [-0.3, -0.25) is 0 Å². The predicted octanol–water partition coefficient (Wildman–Crippen LogP) is 2.75. The largest absolute Gasteiger partial charge is 0.396 e. The molecule has 0 saturated carbocycles. The highest BCUT2D eigenvalue weighted by Gasteiger charge is 2.17. The molecule has 0 aromatic carbocycles. The Morgan fingerprint density at radius 1 is 1.29 bits per heavy atom. The number of anilines is 1. The van der Waals surface area contributed by atoms with Gasteiger partial charge in [-0.05, 0) is 37.3 Å². The average Bonchev–Trinajstić information content (AvgIpc) is 2.38. The molecule has 1 aromatic rings. The third-order valence-electron chi connectivity index (χ3n) is 3.45. The fourth-order valence-electron chi connectivity index (χ4n) is 2.44. The van der Waals surface area contributed by atoms with E-state index in [0.29, 0.717) is 12.6 Å². The van der Waals surface area contributed by atoms with Crippen molar-refractivity contribution in [1.82, 2.24) is 4.98 Å². The number of hydrogen-bond donors (Lipinski definition) is 2. The molecule has 2 heterocycles. The van der Waals surface area contributed by atoms with Crippen LogP contribution in [-0.4, -0.2) is 22.7 Å². The first kappa shape index (κ1) is 12.4. The van der Waals surface area contributed by atoms with Gasteiger partial charge in [0.05, 0.1) is 0 Å². The van der Waals surface area contributed by atoms with Gasteiger partial charge in [0.2, 0.25) is 0 Å². The summed E-state index contributed by atoms with van der Waals surface area (Å²) in [5.74, 6) is 1.08. The molecule has 2 N–H and O–H groups in total. The van der Waals surface area contributed by atoms with Crippen molar-refractivity contribution in [2.75, 3.05) is 11.9 Å². The Kier molecular flexibility index (Phi) is 4.80. The molecule has 94 valence electrons. The first-order valence-corrected chi connectivity index (χ1v) is 6.71. The minimum Gasteiger partial charge on any atom is -0.396 e. The number of aromatic nitrogens is 1. The molecule has 0 amide bonds. The smallest absolute Gasteiger partial charge is 0.129 e. The van der Waals surface area contributed by atoms with Gasteiger partial charge in [-0.1, -0.05) is 25.3 Å². The fourth-order valence-corrected chi connectivity index (χ4v) is 2.44. The molecule has 0 aliphatic carbocycles. The summed E-state index contributed by atoms with van der Waals surface area (Å²) in [6, 6.07) is 4.76. The van der Waals surface area contributed by atoms with Crippen molar-refractivity contribution in [2.45, 2.75) is 51.0 Å². The minimum absolute atomic E-state index is 0.332. The van der Waals surface area contributed by atoms with E-state index in [1.54, 1.807) is 0 Å². The third kappa shape index (κ3) is 3.70. The lowest BCUT2D eigenvalue weighted by molar-refractivity contribution is 0.282. The number of rotatable bonds is 6. The highest BCUT2D eigenvalue weighted by Crippen LogP contribution is 2.24. The van der Waals surface area contributed by atoms with E-state index >= 15 is 0 Å². The van der Waals surface area contributed by atoms with E-state index in [4.69, 9.17) is 5.11 Å². The molecule has 3 nitrogen and oxygen atoms in total. The molecular formula is C14H22N2O. The Labute approximate surface area is 103 Å². The van der Waals surface area contributed by atoms with Crippen LogP contribution in [0, 0.1) is 0 Å². The summed E-state index contributed by atoms with van der Waals surface area (Å²) < 4.78 is 0. The van der Waals surface area contributed by atoms with Crippen LogP contribution in [-0.2, 0) is 6.42 Å². The van der Waals surface area contributed by atoms with E-state index in [2.05, 4.69) is 16.4 Å². The standard InChI is InChI=1S/C14H22N2O/c17-11-4-2-1-3-7-13-9-8-12-6-5-10-15-14(12)16-13/h5-6,10,13,17H,1-4,7-9,11H2,(H,15,16)/t13-/m1/s1. The summed E-state index contributed by atoms with van der Waals surface area (Å²) in [4.78, 5) is 4.38. The molecule has 3 heteroatoms. The molecule has 0 fully saturated rings. The van der Waals surface area contributed by atoms with E-state index in [9.17, 15) is 0 Å². The molecule has 2 rings (SSSR count). The van der Waals surface area contributed by atoms with Gasteiger partial charge in [0.25, 0.3) is 0 Å². The highest BCUT2D eigenvalue weighted by molar-refractivity contribution is 5.46. The summed E-state index contributed by atoms with van der Waals surface area (Å²) in [5, 5.41) is 12.2. The number of fused-ring (bicyclic) bond motifs is 1. The lowest BCUT2D eigenvalue weighted by Crippen LogP contribution is -2.26. The third-order valence-corrected chi connectivity index (χ3v) is 3.45. The van der Waals surface area contributed by atoms with Crippen LogP contribution in [0.2, 0.25) is 0 Å². The Morgan fingerprint density at radius 3 is 3.06 bits per heavy atom. The van der Waals surface area contributed by atoms with Crippen LogP contribution in [0.15, 0.2) is 18.3 Å². The van der Waals surface area contributed by atoms with Gasteiger partial charge < -0.3 is 10.4 Å². The molecular weight excluding hydrogens is 212 g/mol. The SMILES string of the molecule is OCCCCCC[C@@H]1CCc2cccnc2N1. The zero-order chi connectivity index (χ0) is 11.9. The molecule has 1 aliphatic heterocycles. The molecule has 1 atom stereocenters. The van der Waals surface area contributed by atoms with Gasteiger partial charge in [-0.15, -0.1) is 0 Å². The summed E-state index contributed by atoms with van der Waals surface area (Å²) in [6.45, 7) is 0.332. The van der Waals surface area contributed by atoms with Crippen molar-refractivity contribution < 1.29 is 5.11 Å². The number of nitrogens with zero attached hydrogens (tertiary/aromatic N) is 1. The Morgan fingerprint density at radius 2 is 2.18 bits per heavy atom.